The van der Waals surface area contributed by atoms with Gasteiger partial charge in [0, 0.05) is 17.6 Å². The predicted molar refractivity (Wildman–Crippen MR) is 58.6 cm³/mol. The van der Waals surface area contributed by atoms with Crippen LogP contribution in [0.2, 0.25) is 0 Å². The fraction of sp³-hybridized carbons (Fsp3) is 0.417. The van der Waals surface area contributed by atoms with Crippen LogP contribution in [0.25, 0.3) is 10.9 Å². The number of aliphatic hydroxyl groups is 1. The molecule has 1 saturated carbocycles. The molecule has 4 heteroatoms. The summed E-state index contributed by atoms with van der Waals surface area (Å²) in [7, 11) is 0. The molecule has 1 aromatic carbocycles. The van der Waals surface area contributed by atoms with Gasteiger partial charge in [0.05, 0.1) is 17.7 Å². The SMILES string of the molecule is Cc1cc2cn(CC3(O)CC3)nc2cc1F. The molecule has 16 heavy (non-hydrogen) atoms. The van der Waals surface area contributed by atoms with Crippen molar-refractivity contribution in [3.8, 4) is 0 Å². The third-order valence-corrected chi connectivity index (χ3v) is 3.12. The van der Waals surface area contributed by atoms with Crippen molar-refractivity contribution in [2.24, 2.45) is 0 Å². The molecule has 1 aliphatic carbocycles. The molecule has 1 N–H and O–H groups in total. The third kappa shape index (κ3) is 1.59. The Hall–Kier alpha value is -1.42. The van der Waals surface area contributed by atoms with Gasteiger partial charge in [-0.25, -0.2) is 4.39 Å². The van der Waals surface area contributed by atoms with Crippen LogP contribution in [0.3, 0.4) is 0 Å². The van der Waals surface area contributed by atoms with E-state index in [1.807, 2.05) is 6.20 Å². The van der Waals surface area contributed by atoms with Crippen molar-refractivity contribution >= 4 is 10.9 Å². The van der Waals surface area contributed by atoms with Gasteiger partial charge in [0.25, 0.3) is 0 Å². The number of benzene rings is 1. The van der Waals surface area contributed by atoms with Crippen LogP contribution in [-0.2, 0) is 6.54 Å². The van der Waals surface area contributed by atoms with Crippen LogP contribution in [0.15, 0.2) is 18.3 Å². The second kappa shape index (κ2) is 3.04. The molecule has 0 amide bonds. The van der Waals surface area contributed by atoms with Crippen LogP contribution in [0.5, 0.6) is 0 Å². The molecule has 1 aromatic heterocycles. The maximum atomic E-state index is 13.3. The number of nitrogens with zero attached hydrogens (tertiary/aromatic N) is 2. The fourth-order valence-corrected chi connectivity index (χ4v) is 1.90. The number of halogens is 1. The zero-order valence-corrected chi connectivity index (χ0v) is 9.07. The highest BCUT2D eigenvalue weighted by Gasteiger charge is 2.40. The number of aryl methyl sites for hydroxylation is 1. The first-order chi connectivity index (χ1) is 7.56. The normalized spacial score (nSPS) is 17.9. The minimum Gasteiger partial charge on any atom is -0.388 e. The number of hydrogen-bond donors (Lipinski definition) is 1. The summed E-state index contributed by atoms with van der Waals surface area (Å²) in [5.74, 6) is -0.233. The summed E-state index contributed by atoms with van der Waals surface area (Å²) < 4.78 is 15.0. The largest absolute Gasteiger partial charge is 0.388 e. The van der Waals surface area contributed by atoms with Gasteiger partial charge in [-0.15, -0.1) is 0 Å². The van der Waals surface area contributed by atoms with Gasteiger partial charge >= 0.3 is 0 Å². The lowest BCUT2D eigenvalue weighted by Crippen LogP contribution is -2.16. The van der Waals surface area contributed by atoms with Gasteiger partial charge in [-0.3, -0.25) is 4.68 Å². The molecular formula is C12H13FN2O. The van der Waals surface area contributed by atoms with Gasteiger partial charge in [0.2, 0.25) is 0 Å². The van der Waals surface area contributed by atoms with Crippen LogP contribution in [0.4, 0.5) is 4.39 Å². The summed E-state index contributed by atoms with van der Waals surface area (Å²) >= 11 is 0. The Morgan fingerprint density at radius 1 is 1.50 bits per heavy atom. The number of aromatic nitrogens is 2. The van der Waals surface area contributed by atoms with Crippen molar-refractivity contribution in [1.82, 2.24) is 9.78 Å². The molecule has 1 heterocycles. The van der Waals surface area contributed by atoms with E-state index in [9.17, 15) is 9.50 Å². The summed E-state index contributed by atoms with van der Waals surface area (Å²) in [4.78, 5) is 0. The molecule has 0 aliphatic heterocycles. The molecule has 84 valence electrons. The number of fused-ring (bicyclic) bond motifs is 1. The summed E-state index contributed by atoms with van der Waals surface area (Å²) in [6, 6.07) is 3.23. The van der Waals surface area contributed by atoms with Gasteiger partial charge in [0.15, 0.2) is 0 Å². The minimum atomic E-state index is -0.574. The Labute approximate surface area is 92.5 Å². The van der Waals surface area contributed by atoms with E-state index in [4.69, 9.17) is 0 Å². The molecule has 1 fully saturated rings. The maximum absolute atomic E-state index is 13.3. The molecule has 2 aromatic rings. The summed E-state index contributed by atoms with van der Waals surface area (Å²) in [5.41, 5.74) is 0.694. The zero-order valence-electron chi connectivity index (χ0n) is 9.07. The van der Waals surface area contributed by atoms with Gasteiger partial charge in [-0.05, 0) is 31.4 Å². The summed E-state index contributed by atoms with van der Waals surface area (Å²) in [6.45, 7) is 2.24. The average molecular weight is 220 g/mol. The quantitative estimate of drug-likeness (QED) is 0.840. The van der Waals surface area contributed by atoms with Crippen molar-refractivity contribution in [2.75, 3.05) is 0 Å². The highest BCUT2D eigenvalue weighted by Crippen LogP contribution is 2.36. The van der Waals surface area contributed by atoms with Crippen LogP contribution in [0, 0.1) is 12.7 Å². The lowest BCUT2D eigenvalue weighted by atomic mass is 10.2. The molecule has 0 atom stereocenters. The Bertz CT molecular complexity index is 518. The highest BCUT2D eigenvalue weighted by molar-refractivity contribution is 5.78. The molecule has 0 unspecified atom stereocenters. The maximum Gasteiger partial charge on any atom is 0.128 e. The topological polar surface area (TPSA) is 38.0 Å². The van der Waals surface area contributed by atoms with Gasteiger partial charge in [-0.2, -0.15) is 5.10 Å². The van der Waals surface area contributed by atoms with Gasteiger partial charge in [0.1, 0.15) is 5.82 Å². The molecule has 0 radical (unpaired) electrons. The molecule has 3 rings (SSSR count). The standard InChI is InChI=1S/C12H13FN2O/c1-8-4-9-6-15(7-12(16)2-3-12)14-11(9)5-10(8)13/h4-6,16H,2-3,7H2,1H3. The molecule has 3 nitrogen and oxygen atoms in total. The summed E-state index contributed by atoms with van der Waals surface area (Å²) in [6.07, 6.45) is 3.52. The van der Waals surface area contributed by atoms with E-state index < -0.39 is 5.60 Å². The second-order valence-electron chi connectivity index (χ2n) is 4.71. The molecule has 0 bridgehead atoms. The predicted octanol–water partition coefficient (Wildman–Crippen LogP) is 2.01. The lowest BCUT2D eigenvalue weighted by molar-refractivity contribution is 0.125. The average Bonchev–Trinajstić information content (AvgIpc) is 2.79. The van der Waals surface area contributed by atoms with E-state index in [2.05, 4.69) is 5.10 Å². The first-order valence-electron chi connectivity index (χ1n) is 5.41. The van der Waals surface area contributed by atoms with Crippen molar-refractivity contribution in [1.29, 1.82) is 0 Å². The molecular weight excluding hydrogens is 207 g/mol. The van der Waals surface area contributed by atoms with E-state index in [0.717, 1.165) is 18.2 Å². The van der Waals surface area contributed by atoms with Crippen LogP contribution in [-0.4, -0.2) is 20.5 Å². The highest BCUT2D eigenvalue weighted by atomic mass is 19.1. The van der Waals surface area contributed by atoms with E-state index >= 15 is 0 Å². The van der Waals surface area contributed by atoms with E-state index in [0.29, 0.717) is 17.6 Å². The number of hydrogen-bond acceptors (Lipinski definition) is 2. The molecule has 0 saturated heterocycles. The second-order valence-corrected chi connectivity index (χ2v) is 4.71. The minimum absolute atomic E-state index is 0.233. The monoisotopic (exact) mass is 220 g/mol. The van der Waals surface area contributed by atoms with Crippen molar-refractivity contribution in [3.05, 3.63) is 29.7 Å². The Kier molecular flexibility index (Phi) is 1.86. The van der Waals surface area contributed by atoms with Crippen molar-refractivity contribution < 1.29 is 9.50 Å². The first kappa shape index (κ1) is 9.78. The Balaban J connectivity index is 2.02. The Morgan fingerprint density at radius 3 is 2.94 bits per heavy atom. The molecule has 0 spiro atoms. The third-order valence-electron chi connectivity index (χ3n) is 3.12. The van der Waals surface area contributed by atoms with Crippen molar-refractivity contribution in [2.45, 2.75) is 31.9 Å². The van der Waals surface area contributed by atoms with Crippen LogP contribution < -0.4 is 0 Å². The number of rotatable bonds is 2. The van der Waals surface area contributed by atoms with E-state index in [-0.39, 0.29) is 5.82 Å². The lowest BCUT2D eigenvalue weighted by Gasteiger charge is -2.05. The van der Waals surface area contributed by atoms with E-state index in [1.165, 1.54) is 6.07 Å². The van der Waals surface area contributed by atoms with Crippen LogP contribution >= 0.6 is 0 Å². The smallest absolute Gasteiger partial charge is 0.128 e. The Morgan fingerprint density at radius 2 is 2.25 bits per heavy atom. The zero-order chi connectivity index (χ0) is 11.3. The van der Waals surface area contributed by atoms with Gasteiger partial charge in [-0.1, -0.05) is 0 Å². The van der Waals surface area contributed by atoms with Gasteiger partial charge < -0.3 is 5.11 Å². The van der Waals surface area contributed by atoms with Crippen molar-refractivity contribution in [3.63, 3.8) is 0 Å². The fourth-order valence-electron chi connectivity index (χ4n) is 1.90. The van der Waals surface area contributed by atoms with Crippen LogP contribution in [0.1, 0.15) is 18.4 Å². The molecule has 1 aliphatic rings. The summed E-state index contributed by atoms with van der Waals surface area (Å²) in [5, 5.41) is 15.0. The van der Waals surface area contributed by atoms with E-state index in [1.54, 1.807) is 17.7 Å². The first-order valence-corrected chi connectivity index (χ1v) is 5.41.